The van der Waals surface area contributed by atoms with E-state index in [0.29, 0.717) is 26.2 Å². The Bertz CT molecular complexity index is 488. The molecule has 0 bridgehead atoms. The van der Waals surface area contributed by atoms with Crippen LogP contribution in [0.15, 0.2) is 0 Å². The van der Waals surface area contributed by atoms with Gasteiger partial charge in [-0.05, 0) is 26.7 Å². The zero-order valence-corrected chi connectivity index (χ0v) is 15.1. The minimum Gasteiger partial charge on any atom is -0.340 e. The van der Waals surface area contributed by atoms with Gasteiger partial charge in [-0.25, -0.2) is 8.42 Å². The van der Waals surface area contributed by atoms with Gasteiger partial charge in [0.15, 0.2) is 0 Å². The first-order valence-corrected chi connectivity index (χ1v) is 9.44. The van der Waals surface area contributed by atoms with Crippen LogP contribution in [0.3, 0.4) is 0 Å². The van der Waals surface area contributed by atoms with Crippen LogP contribution in [0.1, 0.15) is 39.5 Å². The molecule has 6 nitrogen and oxygen atoms in total. The fourth-order valence-corrected chi connectivity index (χ4v) is 4.44. The average Bonchev–Trinajstić information content (AvgIpc) is 2.46. The molecule has 22 heavy (non-hydrogen) atoms. The number of rotatable bonds is 3. The summed E-state index contributed by atoms with van der Waals surface area (Å²) in [4.78, 5) is 14.5. The normalized spacial score (nSPS) is 30.7. The highest BCUT2D eigenvalue weighted by Crippen LogP contribution is 2.33. The fourth-order valence-electron chi connectivity index (χ4n) is 3.35. The smallest absolute Gasteiger partial charge is 0.227 e. The number of halogens is 1. The summed E-state index contributed by atoms with van der Waals surface area (Å²) in [7, 11) is -3.15. The van der Waals surface area contributed by atoms with E-state index in [0.717, 1.165) is 25.7 Å². The summed E-state index contributed by atoms with van der Waals surface area (Å²) in [6.45, 7) is 5.36. The number of carbonyl (C=O) groups excluding carboxylic acids is 1. The molecule has 8 heteroatoms. The summed E-state index contributed by atoms with van der Waals surface area (Å²) in [5, 5.41) is 0. The zero-order valence-electron chi connectivity index (χ0n) is 13.5. The molecule has 2 atom stereocenters. The zero-order chi connectivity index (χ0) is 15.7. The number of carbonyl (C=O) groups is 1. The topological polar surface area (TPSA) is 83.7 Å². The second-order valence-corrected chi connectivity index (χ2v) is 8.69. The van der Waals surface area contributed by atoms with Gasteiger partial charge in [-0.15, -0.1) is 12.4 Å². The number of amides is 1. The van der Waals surface area contributed by atoms with Gasteiger partial charge in [0.1, 0.15) is 0 Å². The van der Waals surface area contributed by atoms with Gasteiger partial charge in [0.05, 0.1) is 11.7 Å². The monoisotopic (exact) mass is 353 g/mol. The van der Waals surface area contributed by atoms with Crippen molar-refractivity contribution in [3.8, 4) is 0 Å². The second kappa shape index (κ2) is 7.47. The Morgan fingerprint density at radius 2 is 1.82 bits per heavy atom. The molecular weight excluding hydrogens is 326 g/mol. The van der Waals surface area contributed by atoms with Gasteiger partial charge in [-0.3, -0.25) is 4.79 Å². The summed E-state index contributed by atoms with van der Waals surface area (Å²) in [6.07, 6.45) is 3.86. The Kier molecular flexibility index (Phi) is 6.68. The molecular formula is C14H28ClN3O3S. The Balaban J connectivity index is 0.00000242. The third-order valence-electron chi connectivity index (χ3n) is 4.86. The molecule has 2 N–H and O–H groups in total. The first-order chi connectivity index (χ1) is 9.78. The van der Waals surface area contributed by atoms with Crippen LogP contribution in [0, 0.1) is 5.92 Å². The van der Waals surface area contributed by atoms with Crippen LogP contribution in [0.5, 0.6) is 0 Å². The SMILES string of the molecule is CCS(=O)(=O)N1CCN(C(=O)C2CCCCC2(C)N)CC1.Cl. The minimum absolute atomic E-state index is 0. The van der Waals surface area contributed by atoms with Crippen LogP contribution in [-0.2, 0) is 14.8 Å². The molecule has 130 valence electrons. The molecule has 0 spiro atoms. The van der Waals surface area contributed by atoms with Gasteiger partial charge in [-0.1, -0.05) is 12.8 Å². The maximum Gasteiger partial charge on any atom is 0.227 e. The predicted molar refractivity (Wildman–Crippen MR) is 89.4 cm³/mol. The molecule has 2 fully saturated rings. The summed E-state index contributed by atoms with van der Waals surface area (Å²) in [5.74, 6) is 0.0959. The van der Waals surface area contributed by atoms with E-state index in [1.54, 1.807) is 11.8 Å². The van der Waals surface area contributed by atoms with E-state index >= 15 is 0 Å². The van der Waals surface area contributed by atoms with E-state index < -0.39 is 15.6 Å². The van der Waals surface area contributed by atoms with E-state index in [4.69, 9.17) is 5.73 Å². The van der Waals surface area contributed by atoms with Crippen molar-refractivity contribution >= 4 is 28.3 Å². The van der Waals surface area contributed by atoms with Crippen molar-refractivity contribution in [2.24, 2.45) is 11.7 Å². The van der Waals surface area contributed by atoms with Crippen LogP contribution in [0.2, 0.25) is 0 Å². The van der Waals surface area contributed by atoms with Crippen molar-refractivity contribution < 1.29 is 13.2 Å². The van der Waals surface area contributed by atoms with Crippen molar-refractivity contribution in [1.29, 1.82) is 0 Å². The standard InChI is InChI=1S/C14H27N3O3S.ClH/c1-3-21(19,20)17-10-8-16(9-11-17)13(18)12-6-4-5-7-14(12,2)15;/h12H,3-11,15H2,1-2H3;1H. The number of hydrogen-bond donors (Lipinski definition) is 1. The van der Waals surface area contributed by atoms with Crippen LogP contribution in [0.4, 0.5) is 0 Å². The molecule has 1 heterocycles. The lowest BCUT2D eigenvalue weighted by atomic mass is 9.74. The molecule has 2 unspecified atom stereocenters. The second-order valence-electron chi connectivity index (χ2n) is 6.43. The number of nitrogens with zero attached hydrogens (tertiary/aromatic N) is 2. The lowest BCUT2D eigenvalue weighted by Crippen LogP contribution is -2.57. The highest BCUT2D eigenvalue weighted by Gasteiger charge is 2.40. The molecule has 0 aromatic heterocycles. The Morgan fingerprint density at radius 3 is 2.32 bits per heavy atom. The molecule has 0 aromatic carbocycles. The maximum atomic E-state index is 12.7. The van der Waals surface area contributed by atoms with Gasteiger partial charge in [0.2, 0.25) is 15.9 Å². The number of sulfonamides is 1. The minimum atomic E-state index is -3.15. The van der Waals surface area contributed by atoms with Crippen molar-refractivity contribution in [3.05, 3.63) is 0 Å². The molecule has 1 aliphatic carbocycles. The van der Waals surface area contributed by atoms with Crippen molar-refractivity contribution in [2.75, 3.05) is 31.9 Å². The van der Waals surface area contributed by atoms with Gasteiger partial charge in [0, 0.05) is 31.7 Å². The van der Waals surface area contributed by atoms with E-state index in [1.807, 2.05) is 6.92 Å². The molecule has 0 radical (unpaired) electrons. The molecule has 1 saturated heterocycles. The summed E-state index contributed by atoms with van der Waals surface area (Å²) >= 11 is 0. The number of piperazine rings is 1. The van der Waals surface area contributed by atoms with Gasteiger partial charge in [-0.2, -0.15) is 4.31 Å². The van der Waals surface area contributed by atoms with Crippen LogP contribution in [-0.4, -0.2) is 61.0 Å². The largest absolute Gasteiger partial charge is 0.340 e. The third-order valence-corrected chi connectivity index (χ3v) is 6.74. The van der Waals surface area contributed by atoms with Gasteiger partial charge in [0.25, 0.3) is 0 Å². The van der Waals surface area contributed by atoms with E-state index in [9.17, 15) is 13.2 Å². The number of hydrogen-bond acceptors (Lipinski definition) is 4. The molecule has 1 aliphatic heterocycles. The average molecular weight is 354 g/mol. The Morgan fingerprint density at radius 1 is 1.23 bits per heavy atom. The van der Waals surface area contributed by atoms with Crippen molar-refractivity contribution in [3.63, 3.8) is 0 Å². The molecule has 1 saturated carbocycles. The van der Waals surface area contributed by atoms with Crippen LogP contribution < -0.4 is 5.73 Å². The molecule has 0 aromatic rings. The van der Waals surface area contributed by atoms with Crippen LogP contribution >= 0.6 is 12.4 Å². The van der Waals surface area contributed by atoms with E-state index in [2.05, 4.69) is 0 Å². The maximum absolute atomic E-state index is 12.7. The summed E-state index contributed by atoms with van der Waals surface area (Å²) in [6, 6.07) is 0. The number of nitrogens with two attached hydrogens (primary N) is 1. The Labute approximate surface area is 139 Å². The van der Waals surface area contributed by atoms with Gasteiger partial charge >= 0.3 is 0 Å². The third kappa shape index (κ3) is 4.13. The van der Waals surface area contributed by atoms with E-state index in [1.165, 1.54) is 4.31 Å². The quantitative estimate of drug-likeness (QED) is 0.813. The highest BCUT2D eigenvalue weighted by atomic mass is 35.5. The predicted octanol–water partition coefficient (Wildman–Crippen LogP) is 0.810. The van der Waals surface area contributed by atoms with Crippen molar-refractivity contribution in [2.45, 2.75) is 45.1 Å². The molecule has 1 amide bonds. The Hall–Kier alpha value is -0.370. The first-order valence-electron chi connectivity index (χ1n) is 7.83. The van der Waals surface area contributed by atoms with Crippen LogP contribution in [0.25, 0.3) is 0 Å². The summed E-state index contributed by atoms with van der Waals surface area (Å²) in [5.41, 5.74) is 5.87. The lowest BCUT2D eigenvalue weighted by molar-refractivity contribution is -0.140. The highest BCUT2D eigenvalue weighted by molar-refractivity contribution is 7.89. The fraction of sp³-hybridized carbons (Fsp3) is 0.929. The molecule has 2 rings (SSSR count). The summed E-state index contributed by atoms with van der Waals surface area (Å²) < 4.78 is 25.2. The molecule has 2 aliphatic rings. The lowest BCUT2D eigenvalue weighted by Gasteiger charge is -2.42. The van der Waals surface area contributed by atoms with E-state index in [-0.39, 0.29) is 30.0 Å². The van der Waals surface area contributed by atoms with Gasteiger partial charge < -0.3 is 10.6 Å². The van der Waals surface area contributed by atoms with Crippen molar-refractivity contribution in [1.82, 2.24) is 9.21 Å². The first kappa shape index (κ1) is 19.7.